The molecule has 1 aromatic rings. The third-order valence-electron chi connectivity index (χ3n) is 2.85. The van der Waals surface area contributed by atoms with Crippen LogP contribution in [0.15, 0.2) is 16.6 Å². The highest BCUT2D eigenvalue weighted by Crippen LogP contribution is 2.28. The maximum absolute atomic E-state index is 10.0. The second-order valence-corrected chi connectivity index (χ2v) is 5.30. The fourth-order valence-electron chi connectivity index (χ4n) is 1.80. The first-order valence-electron chi connectivity index (χ1n) is 5.67. The summed E-state index contributed by atoms with van der Waals surface area (Å²) < 4.78 is 1.03. The van der Waals surface area contributed by atoms with Crippen LogP contribution in [0.4, 0.5) is 0 Å². The van der Waals surface area contributed by atoms with Gasteiger partial charge in [0.25, 0.3) is 0 Å². The molecule has 0 amide bonds. The Kier molecular flexibility index (Phi) is 4.81. The van der Waals surface area contributed by atoms with Crippen LogP contribution in [0.25, 0.3) is 0 Å². The number of phenolic OH excluding ortho intramolecular Hbond substituents is 1. The number of benzene rings is 1. The number of rotatable bonds is 4. The van der Waals surface area contributed by atoms with Gasteiger partial charge in [-0.1, -0.05) is 22.9 Å². The Labute approximate surface area is 106 Å². The Balaban J connectivity index is 2.96. The molecule has 0 radical (unpaired) electrons. The standard InChI is InChI=1S/C13H20BrNO/c1-5-15(9(2)3)8-11-7-12(14)6-10(4)13(11)16/h6-7,9,16H,5,8H2,1-4H3. The molecular weight excluding hydrogens is 266 g/mol. The van der Waals surface area contributed by atoms with Crippen molar-refractivity contribution in [2.75, 3.05) is 6.54 Å². The topological polar surface area (TPSA) is 23.5 Å². The van der Waals surface area contributed by atoms with Gasteiger partial charge in [0.05, 0.1) is 0 Å². The second kappa shape index (κ2) is 5.69. The first-order valence-corrected chi connectivity index (χ1v) is 6.47. The fourth-order valence-corrected chi connectivity index (χ4v) is 2.42. The molecule has 1 rings (SSSR count). The summed E-state index contributed by atoms with van der Waals surface area (Å²) >= 11 is 3.47. The highest BCUT2D eigenvalue weighted by Gasteiger charge is 2.12. The molecule has 0 aliphatic carbocycles. The zero-order valence-electron chi connectivity index (χ0n) is 10.4. The van der Waals surface area contributed by atoms with Gasteiger partial charge in [-0.05, 0) is 45.0 Å². The lowest BCUT2D eigenvalue weighted by molar-refractivity contribution is 0.222. The number of hydrogen-bond acceptors (Lipinski definition) is 2. The van der Waals surface area contributed by atoms with Crippen molar-refractivity contribution >= 4 is 15.9 Å². The summed E-state index contributed by atoms with van der Waals surface area (Å²) in [5, 5.41) is 10.0. The van der Waals surface area contributed by atoms with Gasteiger partial charge in [-0.3, -0.25) is 4.90 Å². The van der Waals surface area contributed by atoms with Gasteiger partial charge >= 0.3 is 0 Å². The highest BCUT2D eigenvalue weighted by molar-refractivity contribution is 9.10. The molecule has 3 heteroatoms. The largest absolute Gasteiger partial charge is 0.507 e. The average molecular weight is 286 g/mol. The predicted octanol–water partition coefficient (Wildman–Crippen LogP) is 3.69. The number of hydrogen-bond donors (Lipinski definition) is 1. The maximum atomic E-state index is 10.0. The Hall–Kier alpha value is -0.540. The molecule has 0 heterocycles. The number of nitrogens with zero attached hydrogens (tertiary/aromatic N) is 1. The summed E-state index contributed by atoms with van der Waals surface area (Å²) in [6.07, 6.45) is 0. The lowest BCUT2D eigenvalue weighted by atomic mass is 10.1. The van der Waals surface area contributed by atoms with Gasteiger partial charge in [0.2, 0.25) is 0 Å². The van der Waals surface area contributed by atoms with Crippen molar-refractivity contribution in [3.8, 4) is 5.75 Å². The minimum Gasteiger partial charge on any atom is -0.507 e. The smallest absolute Gasteiger partial charge is 0.123 e. The van der Waals surface area contributed by atoms with E-state index in [9.17, 15) is 5.11 Å². The molecule has 0 saturated heterocycles. The zero-order chi connectivity index (χ0) is 12.3. The van der Waals surface area contributed by atoms with Crippen molar-refractivity contribution in [3.05, 3.63) is 27.7 Å². The van der Waals surface area contributed by atoms with E-state index in [1.807, 2.05) is 19.1 Å². The van der Waals surface area contributed by atoms with Crippen molar-refractivity contribution in [1.82, 2.24) is 4.90 Å². The summed E-state index contributed by atoms with van der Waals surface area (Å²) in [5.74, 6) is 0.419. The van der Waals surface area contributed by atoms with Crippen molar-refractivity contribution in [2.24, 2.45) is 0 Å². The Morgan fingerprint density at radius 2 is 2.00 bits per heavy atom. The summed E-state index contributed by atoms with van der Waals surface area (Å²) in [6.45, 7) is 10.2. The quantitative estimate of drug-likeness (QED) is 0.912. The minimum atomic E-state index is 0.419. The number of aryl methyl sites for hydroxylation is 1. The van der Waals surface area contributed by atoms with E-state index in [1.54, 1.807) is 0 Å². The van der Waals surface area contributed by atoms with Crippen molar-refractivity contribution in [2.45, 2.75) is 40.3 Å². The van der Waals surface area contributed by atoms with E-state index < -0.39 is 0 Å². The Bertz CT molecular complexity index is 363. The van der Waals surface area contributed by atoms with Gasteiger partial charge in [-0.25, -0.2) is 0 Å². The minimum absolute atomic E-state index is 0.419. The molecule has 2 nitrogen and oxygen atoms in total. The third kappa shape index (κ3) is 3.22. The van der Waals surface area contributed by atoms with Crippen LogP contribution in [0.2, 0.25) is 0 Å². The lowest BCUT2D eigenvalue weighted by Crippen LogP contribution is -2.30. The monoisotopic (exact) mass is 285 g/mol. The molecule has 0 aromatic heterocycles. The predicted molar refractivity (Wildman–Crippen MR) is 71.8 cm³/mol. The molecule has 90 valence electrons. The molecule has 0 spiro atoms. The molecule has 1 N–H and O–H groups in total. The van der Waals surface area contributed by atoms with Gasteiger partial charge in [0.1, 0.15) is 5.75 Å². The van der Waals surface area contributed by atoms with E-state index in [4.69, 9.17) is 0 Å². The van der Waals surface area contributed by atoms with Gasteiger partial charge in [0, 0.05) is 22.6 Å². The van der Waals surface area contributed by atoms with Crippen LogP contribution in [-0.4, -0.2) is 22.6 Å². The molecule has 0 aliphatic rings. The van der Waals surface area contributed by atoms with E-state index in [2.05, 4.69) is 41.6 Å². The maximum Gasteiger partial charge on any atom is 0.123 e. The molecule has 0 unspecified atom stereocenters. The first kappa shape index (κ1) is 13.5. The summed E-state index contributed by atoms with van der Waals surface area (Å²) in [4.78, 5) is 2.32. The Morgan fingerprint density at radius 3 is 2.50 bits per heavy atom. The van der Waals surface area contributed by atoms with Gasteiger partial charge < -0.3 is 5.11 Å². The normalized spacial score (nSPS) is 11.4. The van der Waals surface area contributed by atoms with Crippen molar-refractivity contribution < 1.29 is 5.11 Å². The zero-order valence-corrected chi connectivity index (χ0v) is 12.0. The van der Waals surface area contributed by atoms with Crippen LogP contribution in [0, 0.1) is 6.92 Å². The number of aromatic hydroxyl groups is 1. The molecule has 0 bridgehead atoms. The van der Waals surface area contributed by atoms with Crippen molar-refractivity contribution in [3.63, 3.8) is 0 Å². The number of phenols is 1. The SMILES string of the molecule is CCN(Cc1cc(Br)cc(C)c1O)C(C)C. The molecule has 0 aliphatic heterocycles. The van der Waals surface area contributed by atoms with Crippen LogP contribution < -0.4 is 0 Å². The first-order chi connectivity index (χ1) is 7.45. The van der Waals surface area contributed by atoms with Crippen LogP contribution in [-0.2, 0) is 6.54 Å². The van der Waals surface area contributed by atoms with Crippen LogP contribution >= 0.6 is 15.9 Å². The number of halogens is 1. The average Bonchev–Trinajstić information content (AvgIpc) is 2.20. The summed E-state index contributed by atoms with van der Waals surface area (Å²) in [5.41, 5.74) is 1.91. The van der Waals surface area contributed by atoms with Crippen LogP contribution in [0.1, 0.15) is 31.9 Å². The van der Waals surface area contributed by atoms with Gasteiger partial charge in [-0.2, -0.15) is 0 Å². The fraction of sp³-hybridized carbons (Fsp3) is 0.538. The van der Waals surface area contributed by atoms with E-state index in [0.717, 1.165) is 28.7 Å². The van der Waals surface area contributed by atoms with E-state index in [0.29, 0.717) is 11.8 Å². The second-order valence-electron chi connectivity index (χ2n) is 4.39. The molecule has 16 heavy (non-hydrogen) atoms. The molecule has 0 fully saturated rings. The van der Waals surface area contributed by atoms with Crippen molar-refractivity contribution in [1.29, 1.82) is 0 Å². The van der Waals surface area contributed by atoms with E-state index in [-0.39, 0.29) is 0 Å². The van der Waals surface area contributed by atoms with Gasteiger partial charge in [-0.15, -0.1) is 0 Å². The lowest BCUT2D eigenvalue weighted by Gasteiger charge is -2.25. The van der Waals surface area contributed by atoms with E-state index in [1.165, 1.54) is 0 Å². The Morgan fingerprint density at radius 1 is 1.38 bits per heavy atom. The molecular formula is C13H20BrNO. The molecule has 0 atom stereocenters. The third-order valence-corrected chi connectivity index (χ3v) is 3.31. The van der Waals surface area contributed by atoms with Gasteiger partial charge in [0.15, 0.2) is 0 Å². The van der Waals surface area contributed by atoms with Crippen LogP contribution in [0.5, 0.6) is 5.75 Å². The summed E-state index contributed by atoms with van der Waals surface area (Å²) in [7, 11) is 0. The highest BCUT2D eigenvalue weighted by atomic mass is 79.9. The summed E-state index contributed by atoms with van der Waals surface area (Å²) in [6, 6.07) is 4.42. The van der Waals surface area contributed by atoms with Crippen LogP contribution in [0.3, 0.4) is 0 Å². The van der Waals surface area contributed by atoms with E-state index >= 15 is 0 Å². The molecule has 0 saturated carbocycles. The molecule has 1 aromatic carbocycles.